The van der Waals surface area contributed by atoms with Crippen LogP contribution in [0.4, 0.5) is 0 Å². The second-order valence-corrected chi connectivity index (χ2v) is 10.2. The second kappa shape index (κ2) is 10.5. The minimum atomic E-state index is -0.458. The van der Waals surface area contributed by atoms with Crippen LogP contribution in [0.15, 0.2) is 59.6 Å². The Balaban J connectivity index is 1.62. The maximum atomic E-state index is 13.6. The van der Waals surface area contributed by atoms with Gasteiger partial charge in [0, 0.05) is 22.4 Å². The van der Waals surface area contributed by atoms with Crippen LogP contribution >= 0.6 is 11.3 Å². The van der Waals surface area contributed by atoms with E-state index in [9.17, 15) is 9.59 Å². The Morgan fingerprint density at radius 3 is 2.56 bits per heavy atom. The molecule has 2 aromatic carbocycles. The molecule has 1 atom stereocenters. The van der Waals surface area contributed by atoms with Gasteiger partial charge in [-0.25, -0.2) is 0 Å². The molecule has 2 amide bonds. The van der Waals surface area contributed by atoms with Gasteiger partial charge in [0.25, 0.3) is 11.8 Å². The van der Waals surface area contributed by atoms with Gasteiger partial charge in [-0.2, -0.15) is 0 Å². The van der Waals surface area contributed by atoms with E-state index in [1.807, 2.05) is 56.5 Å². The Bertz CT molecular complexity index is 1300. The first-order valence-electron chi connectivity index (χ1n) is 11.6. The smallest absolute Gasteiger partial charge is 0.268 e. The summed E-state index contributed by atoms with van der Waals surface area (Å²) in [6.45, 7) is 6.00. The number of ether oxygens (including phenoxy) is 3. The molecule has 0 unspecified atom stereocenters. The van der Waals surface area contributed by atoms with Crippen molar-refractivity contribution in [2.24, 2.45) is 0 Å². The molecule has 7 nitrogen and oxygen atoms in total. The van der Waals surface area contributed by atoms with Crippen molar-refractivity contribution in [3.8, 4) is 17.2 Å². The van der Waals surface area contributed by atoms with Gasteiger partial charge >= 0.3 is 0 Å². The van der Waals surface area contributed by atoms with Crippen LogP contribution in [-0.4, -0.2) is 31.6 Å². The molecular weight excluding hydrogens is 476 g/mol. The van der Waals surface area contributed by atoms with Crippen molar-refractivity contribution in [2.45, 2.75) is 38.8 Å². The molecule has 8 heteroatoms. The Kier molecular flexibility index (Phi) is 7.35. The predicted octanol–water partition coefficient (Wildman–Crippen LogP) is 5.26. The number of methoxy groups -OCH3 is 2. The molecule has 188 valence electrons. The van der Waals surface area contributed by atoms with Gasteiger partial charge in [0.15, 0.2) is 11.5 Å². The number of rotatable bonds is 7. The van der Waals surface area contributed by atoms with Crippen LogP contribution in [0, 0.1) is 6.92 Å². The van der Waals surface area contributed by atoms with E-state index in [0.717, 1.165) is 21.8 Å². The highest BCUT2D eigenvalue weighted by Gasteiger charge is 2.35. The van der Waals surface area contributed by atoms with Crippen molar-refractivity contribution in [3.05, 3.63) is 81.2 Å². The number of amides is 2. The number of aryl methyl sites for hydroxylation is 1. The average Bonchev–Trinajstić information content (AvgIpc) is 3.36. The lowest BCUT2D eigenvalue weighted by atomic mass is 9.89. The standard InChI is InChI=1S/C28H30N2O5S/c1-17-8-10-23-20(13-17)22(16-28(2,3)35-23)30-27(32)21(15-19-7-6-12-36-19)29-26(31)18-9-11-24(33-4)25(14-18)34-5/h6-15,22H,16H2,1-5H3,(H,29,31)(H,30,32)/b21-15-/t22-/m0/s1. The molecule has 3 aromatic rings. The van der Waals surface area contributed by atoms with Gasteiger partial charge in [-0.3, -0.25) is 9.59 Å². The van der Waals surface area contributed by atoms with E-state index in [1.165, 1.54) is 25.6 Å². The minimum absolute atomic E-state index is 0.149. The lowest BCUT2D eigenvalue weighted by Crippen LogP contribution is -2.43. The average molecular weight is 507 g/mol. The summed E-state index contributed by atoms with van der Waals surface area (Å²) >= 11 is 1.47. The van der Waals surface area contributed by atoms with E-state index in [1.54, 1.807) is 24.3 Å². The molecule has 1 aliphatic rings. The molecule has 36 heavy (non-hydrogen) atoms. The summed E-state index contributed by atoms with van der Waals surface area (Å²) in [4.78, 5) is 27.6. The van der Waals surface area contributed by atoms with Crippen molar-refractivity contribution in [3.63, 3.8) is 0 Å². The minimum Gasteiger partial charge on any atom is -0.493 e. The van der Waals surface area contributed by atoms with Gasteiger partial charge in [0.1, 0.15) is 17.0 Å². The maximum absolute atomic E-state index is 13.6. The van der Waals surface area contributed by atoms with Crippen LogP contribution in [0.25, 0.3) is 6.08 Å². The zero-order valence-electron chi connectivity index (χ0n) is 21.0. The largest absolute Gasteiger partial charge is 0.493 e. The van der Waals surface area contributed by atoms with Crippen molar-refractivity contribution < 1.29 is 23.8 Å². The molecule has 0 aliphatic carbocycles. The Morgan fingerprint density at radius 2 is 1.86 bits per heavy atom. The third-order valence-electron chi connectivity index (χ3n) is 5.90. The number of hydrogen-bond acceptors (Lipinski definition) is 6. The normalized spacial score (nSPS) is 16.4. The highest BCUT2D eigenvalue weighted by Crippen LogP contribution is 2.40. The predicted molar refractivity (Wildman–Crippen MR) is 141 cm³/mol. The quantitative estimate of drug-likeness (QED) is 0.427. The van der Waals surface area contributed by atoms with Gasteiger partial charge in [-0.1, -0.05) is 23.8 Å². The van der Waals surface area contributed by atoms with Crippen molar-refractivity contribution >= 4 is 29.2 Å². The van der Waals surface area contributed by atoms with E-state index in [4.69, 9.17) is 14.2 Å². The van der Waals surface area contributed by atoms with Crippen molar-refractivity contribution in [2.75, 3.05) is 14.2 Å². The fraction of sp³-hybridized carbons (Fsp3) is 0.286. The summed E-state index contributed by atoms with van der Waals surface area (Å²) in [5.41, 5.74) is 2.03. The first-order chi connectivity index (χ1) is 17.2. The van der Waals surface area contributed by atoms with Gasteiger partial charge in [0.05, 0.1) is 20.3 Å². The number of fused-ring (bicyclic) bond motifs is 1. The Labute approximate surface area is 215 Å². The summed E-state index contributed by atoms with van der Waals surface area (Å²) in [5.74, 6) is 0.872. The van der Waals surface area contributed by atoms with E-state index in [0.29, 0.717) is 23.5 Å². The molecular formula is C28H30N2O5S. The molecule has 0 saturated heterocycles. The molecule has 1 aromatic heterocycles. The summed E-state index contributed by atoms with van der Waals surface area (Å²) in [6.07, 6.45) is 2.27. The van der Waals surface area contributed by atoms with Crippen molar-refractivity contribution in [1.82, 2.24) is 10.6 Å². The third-order valence-corrected chi connectivity index (χ3v) is 6.72. The highest BCUT2D eigenvalue weighted by molar-refractivity contribution is 7.10. The van der Waals surface area contributed by atoms with Gasteiger partial charge < -0.3 is 24.8 Å². The van der Waals surface area contributed by atoms with E-state index in [-0.39, 0.29) is 17.6 Å². The van der Waals surface area contributed by atoms with Gasteiger partial charge in [0.2, 0.25) is 0 Å². The molecule has 2 heterocycles. The topological polar surface area (TPSA) is 85.9 Å². The third kappa shape index (κ3) is 5.71. The first-order valence-corrected chi connectivity index (χ1v) is 12.5. The monoisotopic (exact) mass is 506 g/mol. The molecule has 0 radical (unpaired) electrons. The molecule has 0 fully saturated rings. The van der Waals surface area contributed by atoms with Crippen LogP contribution in [0.1, 0.15) is 52.7 Å². The lowest BCUT2D eigenvalue weighted by Gasteiger charge is -2.38. The number of carbonyl (C=O) groups excluding carboxylic acids is 2. The first kappa shape index (κ1) is 25.3. The Hall–Kier alpha value is -3.78. The van der Waals surface area contributed by atoms with Gasteiger partial charge in [-0.15, -0.1) is 11.3 Å². The second-order valence-electron chi connectivity index (χ2n) is 9.23. The fourth-order valence-corrected chi connectivity index (χ4v) is 4.84. The van der Waals surface area contributed by atoms with Crippen molar-refractivity contribution in [1.29, 1.82) is 0 Å². The van der Waals surface area contributed by atoms with E-state index < -0.39 is 11.5 Å². The molecule has 4 rings (SSSR count). The van der Waals surface area contributed by atoms with Crippen LogP contribution in [0.5, 0.6) is 17.2 Å². The maximum Gasteiger partial charge on any atom is 0.268 e. The number of carbonyl (C=O) groups is 2. The van der Waals surface area contributed by atoms with Crippen LogP contribution in [0.2, 0.25) is 0 Å². The van der Waals surface area contributed by atoms with Crippen LogP contribution < -0.4 is 24.8 Å². The number of thiophene rings is 1. The van der Waals surface area contributed by atoms with E-state index >= 15 is 0 Å². The highest BCUT2D eigenvalue weighted by atomic mass is 32.1. The summed E-state index contributed by atoms with van der Waals surface area (Å²) in [5, 5.41) is 7.84. The summed E-state index contributed by atoms with van der Waals surface area (Å²) < 4.78 is 16.7. The number of nitrogens with one attached hydrogen (secondary N) is 2. The van der Waals surface area contributed by atoms with E-state index in [2.05, 4.69) is 10.6 Å². The zero-order chi connectivity index (χ0) is 25.9. The molecule has 2 N–H and O–H groups in total. The zero-order valence-corrected chi connectivity index (χ0v) is 21.8. The molecule has 0 saturated carbocycles. The van der Waals surface area contributed by atoms with Crippen LogP contribution in [0.3, 0.4) is 0 Å². The lowest BCUT2D eigenvalue weighted by molar-refractivity contribution is -0.119. The summed E-state index contributed by atoms with van der Waals surface area (Å²) in [7, 11) is 3.03. The van der Waals surface area contributed by atoms with Crippen LogP contribution in [-0.2, 0) is 4.79 Å². The number of benzene rings is 2. The fourth-order valence-electron chi connectivity index (χ4n) is 4.18. The van der Waals surface area contributed by atoms with Gasteiger partial charge in [-0.05, 0) is 62.6 Å². The molecule has 1 aliphatic heterocycles. The SMILES string of the molecule is COc1ccc(C(=O)N/C(=C\c2cccs2)C(=O)N[C@H]2CC(C)(C)Oc3ccc(C)cc32)cc1OC. The summed E-state index contributed by atoms with van der Waals surface area (Å²) in [6, 6.07) is 14.3. The Morgan fingerprint density at radius 1 is 1.08 bits per heavy atom. The number of hydrogen-bond donors (Lipinski definition) is 2. The molecule has 0 spiro atoms. The molecule has 0 bridgehead atoms.